The molecule has 0 aromatic carbocycles. The lowest BCUT2D eigenvalue weighted by molar-refractivity contribution is -0.204. The number of carbonyl (C=O) groups is 4. The molecule has 0 aromatic heterocycles. The molecule has 0 aromatic rings. The van der Waals surface area contributed by atoms with Gasteiger partial charge in [-0.3, -0.25) is 19.2 Å². The van der Waals surface area contributed by atoms with Gasteiger partial charge in [-0.2, -0.15) is 0 Å². The first-order valence-electron chi connectivity index (χ1n) is 11.9. The van der Waals surface area contributed by atoms with Crippen LogP contribution in [0.25, 0.3) is 0 Å². The van der Waals surface area contributed by atoms with Gasteiger partial charge in [0.1, 0.15) is 5.41 Å². The Morgan fingerprint density at radius 1 is 0.656 bits per heavy atom. The van der Waals surface area contributed by atoms with Crippen molar-refractivity contribution in [3.63, 3.8) is 0 Å². The lowest BCUT2D eigenvalue weighted by Gasteiger charge is -2.46. The predicted molar refractivity (Wildman–Crippen MR) is 120 cm³/mol. The van der Waals surface area contributed by atoms with Crippen LogP contribution in [0.1, 0.15) is 87.0 Å². The van der Waals surface area contributed by atoms with E-state index in [1.807, 2.05) is 20.8 Å². The zero-order valence-corrected chi connectivity index (χ0v) is 20.9. The summed E-state index contributed by atoms with van der Waals surface area (Å²) in [6.07, 6.45) is 1.99. The smallest absolute Gasteiger partial charge is 0.324 e. The van der Waals surface area contributed by atoms with Gasteiger partial charge in [-0.25, -0.2) is 0 Å². The molecule has 0 heterocycles. The molecule has 0 amide bonds. The van der Waals surface area contributed by atoms with Gasteiger partial charge < -0.3 is 18.9 Å². The SMILES string of the molecule is CCCOC(=O)C(C)C(CC)(C(=O)OCCC)C(CCC)(C(=O)OCC)C(=O)OCCC. The first-order valence-corrected chi connectivity index (χ1v) is 11.9. The first-order chi connectivity index (χ1) is 15.2. The van der Waals surface area contributed by atoms with Crippen molar-refractivity contribution < 1.29 is 38.1 Å². The molecule has 3 unspecified atom stereocenters. The molecule has 0 bridgehead atoms. The molecule has 0 fully saturated rings. The van der Waals surface area contributed by atoms with Crippen molar-refractivity contribution >= 4 is 23.9 Å². The fourth-order valence-electron chi connectivity index (χ4n) is 4.15. The molecule has 3 atom stereocenters. The average molecular weight is 459 g/mol. The normalized spacial score (nSPS) is 15.6. The average Bonchev–Trinajstić information content (AvgIpc) is 2.79. The Kier molecular flexibility index (Phi) is 13.9. The van der Waals surface area contributed by atoms with E-state index in [4.69, 9.17) is 18.9 Å². The third kappa shape index (κ3) is 6.23. The molecule has 0 aliphatic carbocycles. The van der Waals surface area contributed by atoms with Crippen molar-refractivity contribution in [3.05, 3.63) is 0 Å². The Balaban J connectivity index is 7.08. The fraction of sp³-hybridized carbons (Fsp3) is 0.833. The molecule has 8 heteroatoms. The van der Waals surface area contributed by atoms with E-state index in [2.05, 4.69) is 0 Å². The number of carbonyl (C=O) groups excluding carboxylic acids is 4. The van der Waals surface area contributed by atoms with Gasteiger partial charge in [-0.05, 0) is 39.0 Å². The fourth-order valence-corrected chi connectivity index (χ4v) is 4.15. The maximum absolute atomic E-state index is 13.6. The Morgan fingerprint density at radius 3 is 1.56 bits per heavy atom. The summed E-state index contributed by atoms with van der Waals surface area (Å²) in [6.45, 7) is 12.4. The highest BCUT2D eigenvalue weighted by Crippen LogP contribution is 2.54. The number of hydrogen-bond acceptors (Lipinski definition) is 8. The third-order valence-corrected chi connectivity index (χ3v) is 5.70. The summed E-state index contributed by atoms with van der Waals surface area (Å²) in [5, 5.41) is 0. The highest BCUT2D eigenvalue weighted by Gasteiger charge is 2.70. The molecule has 0 N–H and O–H groups in total. The maximum Gasteiger partial charge on any atom is 0.324 e. The summed E-state index contributed by atoms with van der Waals surface area (Å²) in [5.74, 6) is -4.36. The van der Waals surface area contributed by atoms with Crippen LogP contribution in [0.3, 0.4) is 0 Å². The lowest BCUT2D eigenvalue weighted by atomic mass is 9.54. The summed E-state index contributed by atoms with van der Waals surface area (Å²) in [4.78, 5) is 53.7. The van der Waals surface area contributed by atoms with Crippen molar-refractivity contribution in [1.82, 2.24) is 0 Å². The van der Waals surface area contributed by atoms with Crippen LogP contribution in [0.15, 0.2) is 0 Å². The Morgan fingerprint density at radius 2 is 1.12 bits per heavy atom. The van der Waals surface area contributed by atoms with Gasteiger partial charge in [0.15, 0.2) is 5.41 Å². The second kappa shape index (κ2) is 14.9. The number of rotatable bonds is 16. The van der Waals surface area contributed by atoms with Gasteiger partial charge in [0.05, 0.1) is 32.3 Å². The van der Waals surface area contributed by atoms with Crippen molar-refractivity contribution in [2.24, 2.45) is 16.7 Å². The van der Waals surface area contributed by atoms with Crippen LogP contribution in [-0.2, 0) is 38.1 Å². The Hall–Kier alpha value is -2.12. The zero-order valence-electron chi connectivity index (χ0n) is 20.9. The lowest BCUT2D eigenvalue weighted by Crippen LogP contribution is -2.62. The largest absolute Gasteiger partial charge is 0.465 e. The minimum atomic E-state index is -2.04. The van der Waals surface area contributed by atoms with Gasteiger partial charge in [0.2, 0.25) is 0 Å². The number of esters is 4. The molecule has 32 heavy (non-hydrogen) atoms. The summed E-state index contributed by atoms with van der Waals surface area (Å²) < 4.78 is 21.6. The van der Waals surface area contributed by atoms with Crippen molar-refractivity contribution in [1.29, 1.82) is 0 Å². The molecule has 0 saturated carbocycles. The van der Waals surface area contributed by atoms with Crippen molar-refractivity contribution in [2.75, 3.05) is 26.4 Å². The van der Waals surface area contributed by atoms with Crippen LogP contribution in [0.4, 0.5) is 0 Å². The molecule has 0 rings (SSSR count). The highest BCUT2D eigenvalue weighted by molar-refractivity contribution is 6.07. The van der Waals surface area contributed by atoms with Gasteiger partial charge in [0.25, 0.3) is 0 Å². The molecular formula is C24H42O8. The molecule has 0 saturated heterocycles. The minimum Gasteiger partial charge on any atom is -0.465 e. The number of hydrogen-bond donors (Lipinski definition) is 0. The van der Waals surface area contributed by atoms with E-state index in [9.17, 15) is 19.2 Å². The third-order valence-electron chi connectivity index (χ3n) is 5.70. The van der Waals surface area contributed by atoms with Gasteiger partial charge in [-0.1, -0.05) is 48.0 Å². The standard InChI is InChI=1S/C24H42O8/c1-8-14-24(21(27)29-13-6,22(28)32-17-11-4)23(12-5,20(26)31-16-10-3)18(7)19(25)30-15-9-2/h18H,8-17H2,1-7H3. The second-order valence-corrected chi connectivity index (χ2v) is 7.86. The molecule has 186 valence electrons. The van der Waals surface area contributed by atoms with Crippen molar-refractivity contribution in [2.45, 2.75) is 87.0 Å². The summed E-state index contributed by atoms with van der Waals surface area (Å²) >= 11 is 0. The quantitative estimate of drug-likeness (QED) is 0.192. The van der Waals surface area contributed by atoms with E-state index in [0.717, 1.165) is 0 Å². The van der Waals surface area contributed by atoms with E-state index >= 15 is 0 Å². The van der Waals surface area contributed by atoms with Crippen LogP contribution in [-0.4, -0.2) is 50.3 Å². The van der Waals surface area contributed by atoms with Gasteiger partial charge >= 0.3 is 23.9 Å². The Labute approximate surface area is 192 Å². The second-order valence-electron chi connectivity index (χ2n) is 7.86. The van der Waals surface area contributed by atoms with Gasteiger partial charge in [0, 0.05) is 0 Å². The van der Waals surface area contributed by atoms with E-state index < -0.39 is 40.6 Å². The molecule has 0 radical (unpaired) electrons. The van der Waals surface area contributed by atoms with E-state index in [1.165, 1.54) is 6.92 Å². The van der Waals surface area contributed by atoms with Crippen LogP contribution in [0.2, 0.25) is 0 Å². The predicted octanol–water partition coefficient (Wildman–Crippen LogP) is 4.23. The number of ether oxygens (including phenoxy) is 4. The molecular weight excluding hydrogens is 416 g/mol. The van der Waals surface area contributed by atoms with E-state index in [1.54, 1.807) is 20.8 Å². The van der Waals surface area contributed by atoms with Crippen LogP contribution in [0, 0.1) is 16.7 Å². The maximum atomic E-state index is 13.6. The van der Waals surface area contributed by atoms with E-state index in [0.29, 0.717) is 25.7 Å². The van der Waals surface area contributed by atoms with Crippen LogP contribution >= 0.6 is 0 Å². The minimum absolute atomic E-state index is 0.00379. The molecule has 8 nitrogen and oxygen atoms in total. The zero-order chi connectivity index (χ0) is 24.8. The van der Waals surface area contributed by atoms with E-state index in [-0.39, 0.29) is 39.3 Å². The van der Waals surface area contributed by atoms with Crippen LogP contribution < -0.4 is 0 Å². The van der Waals surface area contributed by atoms with Crippen molar-refractivity contribution in [3.8, 4) is 0 Å². The van der Waals surface area contributed by atoms with Gasteiger partial charge in [-0.15, -0.1) is 0 Å². The first kappa shape index (κ1) is 29.9. The summed E-state index contributed by atoms with van der Waals surface area (Å²) in [5.41, 5.74) is -3.89. The monoisotopic (exact) mass is 458 g/mol. The molecule has 0 spiro atoms. The Bertz CT molecular complexity index is 617. The highest BCUT2D eigenvalue weighted by atomic mass is 16.6. The molecule has 0 aliphatic rings. The molecule has 0 aliphatic heterocycles. The van der Waals surface area contributed by atoms with Crippen LogP contribution in [0.5, 0.6) is 0 Å². The summed E-state index contributed by atoms with van der Waals surface area (Å²) in [7, 11) is 0. The topological polar surface area (TPSA) is 105 Å². The summed E-state index contributed by atoms with van der Waals surface area (Å²) in [6, 6.07) is 0.